The third-order valence-electron chi connectivity index (χ3n) is 2.12. The number of hydrogen-bond acceptors (Lipinski definition) is 5. The number of nitrogens with one attached hydrogen (secondary N) is 1. The van der Waals surface area contributed by atoms with Crippen LogP contribution in [0, 0.1) is 0 Å². The summed E-state index contributed by atoms with van der Waals surface area (Å²) in [6.07, 6.45) is 0. The van der Waals surface area contributed by atoms with E-state index in [9.17, 15) is 13.2 Å². The van der Waals surface area contributed by atoms with Crippen LogP contribution in [0.15, 0.2) is 11.0 Å². The van der Waals surface area contributed by atoms with E-state index < -0.39 is 15.0 Å². The molecular weight excluding hydrogens is 321 g/mol. The van der Waals surface area contributed by atoms with Gasteiger partial charge in [-0.05, 0) is 13.0 Å². The molecule has 0 bridgehead atoms. The van der Waals surface area contributed by atoms with Gasteiger partial charge < -0.3 is 9.72 Å². The highest BCUT2D eigenvalue weighted by atomic mass is 35.7. The summed E-state index contributed by atoms with van der Waals surface area (Å²) in [5.74, 6) is -0.767. The van der Waals surface area contributed by atoms with Crippen LogP contribution in [-0.4, -0.2) is 26.0 Å². The number of hydrogen-bond donors (Lipinski definition) is 1. The predicted octanol–water partition coefficient (Wildman–Crippen LogP) is 2.99. The van der Waals surface area contributed by atoms with E-state index in [1.54, 1.807) is 6.92 Å². The molecule has 2 aromatic rings. The van der Waals surface area contributed by atoms with Crippen LogP contribution < -0.4 is 0 Å². The zero-order chi connectivity index (χ0) is 13.5. The second-order valence-electron chi connectivity index (χ2n) is 3.28. The smallest absolute Gasteiger partial charge is 0.356 e. The average Bonchev–Trinajstić information content (AvgIpc) is 2.71. The lowest BCUT2D eigenvalue weighted by Crippen LogP contribution is -2.09. The van der Waals surface area contributed by atoms with Crippen LogP contribution in [0.5, 0.6) is 0 Å². The number of aromatic amines is 1. The van der Waals surface area contributed by atoms with Gasteiger partial charge >= 0.3 is 5.97 Å². The molecule has 0 aliphatic rings. The van der Waals surface area contributed by atoms with E-state index in [1.165, 1.54) is 6.07 Å². The van der Waals surface area contributed by atoms with Gasteiger partial charge in [0.05, 0.1) is 21.2 Å². The maximum atomic E-state index is 11.7. The number of esters is 1. The first-order valence-corrected chi connectivity index (χ1v) is 8.27. The Hall–Kier alpha value is -0.760. The number of halogens is 2. The molecule has 9 heteroatoms. The van der Waals surface area contributed by atoms with Gasteiger partial charge in [0, 0.05) is 10.7 Å². The van der Waals surface area contributed by atoms with Crippen LogP contribution in [0.3, 0.4) is 0 Å². The Morgan fingerprint density at radius 2 is 2.22 bits per heavy atom. The van der Waals surface area contributed by atoms with Gasteiger partial charge in [-0.2, -0.15) is 0 Å². The van der Waals surface area contributed by atoms with Crippen molar-refractivity contribution in [2.75, 3.05) is 6.61 Å². The number of carbonyl (C=O) groups excluding carboxylic acids is 1. The fraction of sp³-hybridized carbons (Fsp3) is 0.222. The van der Waals surface area contributed by atoms with E-state index >= 15 is 0 Å². The number of ether oxygens (including phenoxy) is 1. The molecular formula is C9H7Cl2NO4S2. The van der Waals surface area contributed by atoms with Crippen LogP contribution in [0.25, 0.3) is 10.2 Å². The minimum absolute atomic E-state index is 0.133. The summed E-state index contributed by atoms with van der Waals surface area (Å²) in [5, 5.41) is 0. The summed E-state index contributed by atoms with van der Waals surface area (Å²) in [4.78, 5) is 14.0. The van der Waals surface area contributed by atoms with Gasteiger partial charge in [0.2, 0.25) is 0 Å². The third-order valence-corrected chi connectivity index (χ3v) is 4.89. The van der Waals surface area contributed by atoms with Gasteiger partial charge in [-0.1, -0.05) is 11.6 Å². The molecule has 0 aromatic carbocycles. The number of carbonyl (C=O) groups is 1. The normalized spacial score (nSPS) is 11.9. The molecule has 0 amide bonds. The van der Waals surface area contributed by atoms with Gasteiger partial charge in [-0.3, -0.25) is 0 Å². The fourth-order valence-electron chi connectivity index (χ4n) is 1.51. The number of rotatable bonds is 3. The maximum absolute atomic E-state index is 11.7. The Bertz CT molecular complexity index is 716. The largest absolute Gasteiger partial charge is 0.461 e. The third kappa shape index (κ3) is 2.35. The van der Waals surface area contributed by atoms with E-state index in [0.717, 1.165) is 11.3 Å². The molecule has 0 fully saturated rings. The molecule has 0 aliphatic heterocycles. The molecule has 2 aromatic heterocycles. The highest BCUT2D eigenvalue weighted by Crippen LogP contribution is 2.37. The summed E-state index contributed by atoms with van der Waals surface area (Å²) in [5.41, 5.74) is 0.261. The van der Waals surface area contributed by atoms with Crippen LogP contribution in [-0.2, 0) is 13.8 Å². The number of aromatic nitrogens is 1. The average molecular weight is 328 g/mol. The first kappa shape index (κ1) is 13.7. The quantitative estimate of drug-likeness (QED) is 0.694. The SMILES string of the molecule is CCOC(=O)c1[nH]c2cc(Cl)sc2c1S(=O)(=O)Cl. The van der Waals surface area contributed by atoms with Crippen molar-refractivity contribution in [3.63, 3.8) is 0 Å². The van der Waals surface area contributed by atoms with Gasteiger partial charge in [0.1, 0.15) is 10.6 Å². The van der Waals surface area contributed by atoms with Crippen LogP contribution in [0.4, 0.5) is 0 Å². The second-order valence-corrected chi connectivity index (χ2v) is 7.47. The molecule has 0 atom stereocenters. The Labute approximate surface area is 116 Å². The van der Waals surface area contributed by atoms with Crippen LogP contribution >= 0.6 is 33.6 Å². The first-order chi connectivity index (χ1) is 8.34. The molecule has 0 saturated heterocycles. The predicted molar refractivity (Wildman–Crippen MR) is 70.2 cm³/mol. The molecule has 98 valence electrons. The van der Waals surface area contributed by atoms with E-state index in [2.05, 4.69) is 4.98 Å². The van der Waals surface area contributed by atoms with Crippen molar-refractivity contribution in [1.82, 2.24) is 4.98 Å². The lowest BCUT2D eigenvalue weighted by molar-refractivity contribution is 0.0516. The molecule has 0 radical (unpaired) electrons. The molecule has 0 unspecified atom stereocenters. The van der Waals surface area contributed by atoms with Crippen LogP contribution in [0.1, 0.15) is 17.4 Å². The zero-order valence-electron chi connectivity index (χ0n) is 8.99. The molecule has 1 N–H and O–H groups in total. The second kappa shape index (κ2) is 4.73. The number of H-pyrrole nitrogens is 1. The van der Waals surface area contributed by atoms with Crippen molar-refractivity contribution in [3.05, 3.63) is 16.1 Å². The Morgan fingerprint density at radius 1 is 1.56 bits per heavy atom. The number of fused-ring (bicyclic) bond motifs is 1. The van der Waals surface area contributed by atoms with Crippen molar-refractivity contribution in [3.8, 4) is 0 Å². The summed E-state index contributed by atoms with van der Waals surface area (Å²) in [6, 6.07) is 1.52. The summed E-state index contributed by atoms with van der Waals surface area (Å²) in [6.45, 7) is 1.75. The van der Waals surface area contributed by atoms with E-state index in [-0.39, 0.29) is 17.2 Å². The summed E-state index contributed by atoms with van der Waals surface area (Å²) in [7, 11) is 1.27. The standard InChI is InChI=1S/C9H7Cl2NO4S2/c1-2-16-9(13)6-8(18(11,14)15)7-4(12-6)3-5(10)17-7/h3,12H,2H2,1H3. The van der Waals surface area contributed by atoms with Gasteiger partial charge in [-0.15, -0.1) is 11.3 Å². The molecule has 0 spiro atoms. The molecule has 2 heterocycles. The summed E-state index contributed by atoms with van der Waals surface area (Å²) < 4.78 is 28.6. The van der Waals surface area contributed by atoms with Gasteiger partial charge in [0.15, 0.2) is 0 Å². The maximum Gasteiger partial charge on any atom is 0.356 e. The van der Waals surface area contributed by atoms with Crippen molar-refractivity contribution in [1.29, 1.82) is 0 Å². The van der Waals surface area contributed by atoms with Crippen molar-refractivity contribution < 1.29 is 17.9 Å². The Kier molecular flexibility index (Phi) is 3.59. The lowest BCUT2D eigenvalue weighted by Gasteiger charge is -2.01. The topological polar surface area (TPSA) is 76.2 Å². The van der Waals surface area contributed by atoms with E-state index in [0.29, 0.717) is 14.6 Å². The van der Waals surface area contributed by atoms with Crippen molar-refractivity contribution >= 4 is 58.9 Å². The lowest BCUT2D eigenvalue weighted by atomic mass is 10.4. The van der Waals surface area contributed by atoms with E-state index in [4.69, 9.17) is 27.0 Å². The van der Waals surface area contributed by atoms with Crippen molar-refractivity contribution in [2.24, 2.45) is 0 Å². The minimum Gasteiger partial charge on any atom is -0.461 e. The number of thiophene rings is 1. The molecule has 5 nitrogen and oxygen atoms in total. The van der Waals surface area contributed by atoms with Gasteiger partial charge in [-0.25, -0.2) is 13.2 Å². The highest BCUT2D eigenvalue weighted by molar-refractivity contribution is 8.14. The highest BCUT2D eigenvalue weighted by Gasteiger charge is 2.28. The molecule has 18 heavy (non-hydrogen) atoms. The molecule has 2 rings (SSSR count). The molecule has 0 saturated carbocycles. The van der Waals surface area contributed by atoms with Gasteiger partial charge in [0.25, 0.3) is 9.05 Å². The van der Waals surface area contributed by atoms with Crippen molar-refractivity contribution in [2.45, 2.75) is 11.8 Å². The van der Waals surface area contributed by atoms with E-state index in [1.807, 2.05) is 0 Å². The van der Waals surface area contributed by atoms with Crippen LogP contribution in [0.2, 0.25) is 4.34 Å². The minimum atomic E-state index is -4.07. The summed E-state index contributed by atoms with van der Waals surface area (Å²) >= 11 is 6.81. The monoisotopic (exact) mass is 327 g/mol. The Morgan fingerprint density at radius 3 is 2.78 bits per heavy atom. The Balaban J connectivity index is 2.74. The zero-order valence-corrected chi connectivity index (χ0v) is 12.1. The fourth-order valence-corrected chi connectivity index (χ4v) is 4.40. The molecule has 0 aliphatic carbocycles. The first-order valence-electron chi connectivity index (χ1n) is 4.77.